The van der Waals surface area contributed by atoms with Crippen LogP contribution in [0.1, 0.15) is 29.5 Å². The van der Waals surface area contributed by atoms with E-state index < -0.39 is 20.4 Å². The first-order chi connectivity index (χ1) is 15.8. The minimum Gasteiger partial charge on any atom is -0.486 e. The fraction of sp³-hybridized carbons (Fsp3) is 0.280. The quantitative estimate of drug-likeness (QED) is 0.452. The third-order valence-corrected chi connectivity index (χ3v) is 9.84. The Morgan fingerprint density at radius 1 is 1.06 bits per heavy atom. The molecule has 3 aromatic rings. The molecule has 8 heteroatoms. The lowest BCUT2D eigenvalue weighted by Gasteiger charge is -2.40. The molecular weight excluding hydrogens is 484 g/mol. The molecule has 0 unspecified atom stereocenters. The molecule has 0 bridgehead atoms. The van der Waals surface area contributed by atoms with Crippen molar-refractivity contribution in [3.63, 3.8) is 0 Å². The van der Waals surface area contributed by atoms with E-state index in [2.05, 4.69) is 5.32 Å². The Morgan fingerprint density at radius 3 is 2.52 bits per heavy atom. The number of sulfone groups is 1. The minimum absolute atomic E-state index is 0.145. The van der Waals surface area contributed by atoms with E-state index in [-0.39, 0.29) is 17.5 Å². The van der Waals surface area contributed by atoms with Gasteiger partial charge in [0.15, 0.2) is 15.6 Å². The van der Waals surface area contributed by atoms with E-state index >= 15 is 0 Å². The van der Waals surface area contributed by atoms with Crippen molar-refractivity contribution in [3.8, 4) is 5.75 Å². The predicted molar refractivity (Wildman–Crippen MR) is 127 cm³/mol. The van der Waals surface area contributed by atoms with Crippen LogP contribution >= 0.6 is 23.2 Å². The van der Waals surface area contributed by atoms with Gasteiger partial charge in [0, 0.05) is 6.04 Å². The van der Waals surface area contributed by atoms with E-state index in [9.17, 15) is 12.8 Å². The van der Waals surface area contributed by atoms with Crippen molar-refractivity contribution in [2.24, 2.45) is 0 Å². The molecule has 0 saturated carbocycles. The van der Waals surface area contributed by atoms with E-state index in [1.54, 1.807) is 18.2 Å². The molecule has 1 aliphatic heterocycles. The summed E-state index contributed by atoms with van der Waals surface area (Å²) in [7, 11) is -3.77. The molecule has 4 nitrogen and oxygen atoms in total. The molecule has 0 amide bonds. The van der Waals surface area contributed by atoms with Crippen molar-refractivity contribution in [2.45, 2.75) is 41.6 Å². The molecule has 1 aliphatic carbocycles. The summed E-state index contributed by atoms with van der Waals surface area (Å²) in [5.41, 5.74) is 2.71. The number of benzene rings is 3. The molecule has 0 spiro atoms. The van der Waals surface area contributed by atoms with Crippen molar-refractivity contribution in [1.29, 1.82) is 0 Å². The number of hydrogen-bond donors (Lipinski definition) is 1. The van der Waals surface area contributed by atoms with Crippen molar-refractivity contribution in [1.82, 2.24) is 5.32 Å². The van der Waals surface area contributed by atoms with Gasteiger partial charge in [-0.05, 0) is 78.9 Å². The van der Waals surface area contributed by atoms with Crippen molar-refractivity contribution < 1.29 is 17.5 Å². The molecule has 1 saturated heterocycles. The molecule has 1 heterocycles. The fourth-order valence-electron chi connectivity index (χ4n) is 5.15. The molecule has 1 fully saturated rings. The van der Waals surface area contributed by atoms with Crippen LogP contribution in [0.5, 0.6) is 5.75 Å². The molecule has 0 aromatic heterocycles. The molecule has 3 aromatic carbocycles. The van der Waals surface area contributed by atoms with Gasteiger partial charge in [-0.1, -0.05) is 47.5 Å². The van der Waals surface area contributed by atoms with Crippen molar-refractivity contribution >= 4 is 33.0 Å². The number of nitrogens with one attached hydrogen (secondary N) is 1. The number of fused-ring (bicyclic) bond motifs is 3. The van der Waals surface area contributed by atoms with Crippen LogP contribution in [0.25, 0.3) is 0 Å². The summed E-state index contributed by atoms with van der Waals surface area (Å²) in [4.78, 5) is 0.145. The number of aryl methyl sites for hydroxylation is 1. The highest BCUT2D eigenvalue weighted by Crippen LogP contribution is 2.49. The third kappa shape index (κ3) is 3.73. The van der Waals surface area contributed by atoms with Crippen molar-refractivity contribution in [3.05, 3.63) is 93.2 Å². The van der Waals surface area contributed by atoms with E-state index in [1.807, 2.05) is 18.2 Å². The summed E-state index contributed by atoms with van der Waals surface area (Å²) in [6, 6.07) is 15.9. The molecule has 0 radical (unpaired) electrons. The highest BCUT2D eigenvalue weighted by Gasteiger charge is 2.56. The molecule has 5 rings (SSSR count). The van der Waals surface area contributed by atoms with E-state index in [0.717, 1.165) is 23.1 Å². The maximum atomic E-state index is 13.9. The third-order valence-electron chi connectivity index (χ3n) is 6.68. The molecule has 2 aliphatic rings. The van der Waals surface area contributed by atoms with Gasteiger partial charge in [0.05, 0.1) is 14.9 Å². The molecule has 1 N–H and O–H groups in total. The van der Waals surface area contributed by atoms with Crippen molar-refractivity contribution in [2.75, 3.05) is 6.54 Å². The van der Waals surface area contributed by atoms with Crippen LogP contribution in [0.4, 0.5) is 4.39 Å². The Bertz CT molecular complexity index is 1290. The van der Waals surface area contributed by atoms with Gasteiger partial charge in [0.1, 0.15) is 17.2 Å². The maximum Gasteiger partial charge on any atom is 0.189 e. The van der Waals surface area contributed by atoms with E-state index in [4.69, 9.17) is 27.9 Å². The first kappa shape index (κ1) is 22.7. The first-order valence-corrected chi connectivity index (χ1v) is 13.0. The standard InChI is InChI=1S/C25H22Cl2FNO3S/c26-21-2-1-3-22(27)24(21)32-15-16-4-10-20-17(14-16)5-11-23-25(20,12-13-29-23)33(30,31)19-8-6-18(28)7-9-19/h1-4,6-10,14,23,29H,5,11-13,15H2/t23-,25-/m1/s1. The highest BCUT2D eigenvalue weighted by atomic mass is 35.5. The zero-order chi connectivity index (χ0) is 23.2. The van der Waals surface area contributed by atoms with Gasteiger partial charge in [-0.3, -0.25) is 0 Å². The predicted octanol–water partition coefficient (Wildman–Crippen LogP) is 5.69. The van der Waals surface area contributed by atoms with Gasteiger partial charge < -0.3 is 10.1 Å². The van der Waals surface area contributed by atoms with Gasteiger partial charge in [0.2, 0.25) is 0 Å². The van der Waals surface area contributed by atoms with Crippen LogP contribution in [0.15, 0.2) is 65.6 Å². The molecule has 2 atom stereocenters. The van der Waals surface area contributed by atoms with Crippen LogP contribution in [0.3, 0.4) is 0 Å². The summed E-state index contributed by atoms with van der Waals surface area (Å²) >= 11 is 12.4. The number of para-hydroxylation sites is 1. The monoisotopic (exact) mass is 505 g/mol. The average Bonchev–Trinajstić information content (AvgIpc) is 3.25. The SMILES string of the molecule is O=S(=O)(c1ccc(F)cc1)[C@@]12CCN[C@@H]1CCc1cc(COc3c(Cl)cccc3Cl)ccc12. The smallest absolute Gasteiger partial charge is 0.189 e. The highest BCUT2D eigenvalue weighted by molar-refractivity contribution is 7.92. The lowest BCUT2D eigenvalue weighted by atomic mass is 9.78. The van der Waals surface area contributed by atoms with Gasteiger partial charge in [-0.2, -0.15) is 0 Å². The average molecular weight is 506 g/mol. The number of ether oxygens (including phenoxy) is 1. The molecule has 33 heavy (non-hydrogen) atoms. The van der Waals surface area contributed by atoms with Crippen LogP contribution in [0, 0.1) is 5.82 Å². The zero-order valence-corrected chi connectivity index (χ0v) is 20.0. The Morgan fingerprint density at radius 2 is 1.79 bits per heavy atom. The van der Waals surface area contributed by atoms with Gasteiger partial charge in [0.25, 0.3) is 0 Å². The van der Waals surface area contributed by atoms with Crippen LogP contribution < -0.4 is 10.1 Å². The Labute approximate surface area is 202 Å². The normalized spacial score (nSPS) is 22.0. The number of rotatable bonds is 5. The molecule has 172 valence electrons. The largest absolute Gasteiger partial charge is 0.486 e. The second kappa shape index (κ2) is 8.58. The lowest BCUT2D eigenvalue weighted by Crippen LogP contribution is -2.49. The summed E-state index contributed by atoms with van der Waals surface area (Å²) < 4.78 is 46.1. The van der Waals surface area contributed by atoms with E-state index in [0.29, 0.717) is 35.2 Å². The topological polar surface area (TPSA) is 55.4 Å². The summed E-state index contributed by atoms with van der Waals surface area (Å²) in [6.07, 6.45) is 1.93. The van der Waals surface area contributed by atoms with Crippen LogP contribution in [0.2, 0.25) is 10.0 Å². The second-order valence-electron chi connectivity index (χ2n) is 8.47. The fourth-order valence-corrected chi connectivity index (χ4v) is 8.01. The number of halogens is 3. The zero-order valence-electron chi connectivity index (χ0n) is 17.7. The van der Waals surface area contributed by atoms with Gasteiger partial charge in [-0.25, -0.2) is 12.8 Å². The lowest BCUT2D eigenvalue weighted by molar-refractivity contribution is 0.306. The first-order valence-electron chi connectivity index (χ1n) is 10.8. The maximum absolute atomic E-state index is 13.9. The number of hydrogen-bond acceptors (Lipinski definition) is 4. The van der Waals surface area contributed by atoms with Gasteiger partial charge in [-0.15, -0.1) is 0 Å². The van der Waals surface area contributed by atoms with Crippen LogP contribution in [-0.4, -0.2) is 21.0 Å². The van der Waals surface area contributed by atoms with Gasteiger partial charge >= 0.3 is 0 Å². The Hall–Kier alpha value is -2.12. The minimum atomic E-state index is -3.77. The van der Waals surface area contributed by atoms with E-state index in [1.165, 1.54) is 24.3 Å². The summed E-state index contributed by atoms with van der Waals surface area (Å²) in [5, 5.41) is 4.26. The Kier molecular flexibility index (Phi) is 5.90. The van der Waals surface area contributed by atoms with Crippen LogP contribution in [-0.2, 0) is 27.6 Å². The summed E-state index contributed by atoms with van der Waals surface area (Å²) in [6.45, 7) is 0.872. The second-order valence-corrected chi connectivity index (χ2v) is 11.5. The molecular formula is C25H22Cl2FNO3S. The summed E-state index contributed by atoms with van der Waals surface area (Å²) in [5.74, 6) is -0.0335. The Balaban J connectivity index is 1.51.